The van der Waals surface area contributed by atoms with Crippen molar-refractivity contribution in [3.63, 3.8) is 0 Å². The van der Waals surface area contributed by atoms with Gasteiger partial charge in [0.25, 0.3) is 5.91 Å². The van der Waals surface area contributed by atoms with E-state index in [0.717, 1.165) is 31.9 Å². The van der Waals surface area contributed by atoms with E-state index in [1.807, 2.05) is 16.5 Å². The normalized spacial score (nSPS) is 15.5. The number of aromatic nitrogens is 2. The number of amides is 1. The molecular formula is C17H22FN5O. The second kappa shape index (κ2) is 7.00. The summed E-state index contributed by atoms with van der Waals surface area (Å²) in [6.07, 6.45) is 3.36. The molecule has 2 aromatic rings. The third-order valence-corrected chi connectivity index (χ3v) is 4.40. The molecule has 0 unspecified atom stereocenters. The van der Waals surface area contributed by atoms with Gasteiger partial charge in [0.2, 0.25) is 0 Å². The van der Waals surface area contributed by atoms with Crippen molar-refractivity contribution in [2.75, 3.05) is 38.1 Å². The molecule has 7 heteroatoms. The molecule has 0 aliphatic carbocycles. The molecule has 1 N–H and O–H groups in total. The van der Waals surface area contributed by atoms with E-state index in [-0.39, 0.29) is 11.7 Å². The number of carbonyl (C=O) groups is 1. The fourth-order valence-electron chi connectivity index (χ4n) is 2.78. The van der Waals surface area contributed by atoms with Crippen molar-refractivity contribution in [3.8, 4) is 0 Å². The molecule has 0 radical (unpaired) electrons. The minimum Gasteiger partial charge on any atom is -0.367 e. The molecular weight excluding hydrogens is 309 g/mol. The second-order valence-corrected chi connectivity index (χ2v) is 6.14. The largest absolute Gasteiger partial charge is 0.367 e. The lowest BCUT2D eigenvalue weighted by Gasteiger charge is -2.34. The van der Waals surface area contributed by atoms with Gasteiger partial charge in [-0.3, -0.25) is 4.79 Å². The first-order chi connectivity index (χ1) is 11.5. The molecule has 1 saturated heterocycles. The molecule has 1 aliphatic rings. The molecule has 24 heavy (non-hydrogen) atoms. The second-order valence-electron chi connectivity index (χ2n) is 6.14. The fraction of sp³-hybridized carbons (Fsp3) is 0.412. The smallest absolute Gasteiger partial charge is 0.251 e. The number of piperazine rings is 1. The van der Waals surface area contributed by atoms with E-state index in [2.05, 4.69) is 22.2 Å². The van der Waals surface area contributed by atoms with Crippen LogP contribution in [0.3, 0.4) is 0 Å². The van der Waals surface area contributed by atoms with E-state index < -0.39 is 0 Å². The van der Waals surface area contributed by atoms with Crippen LogP contribution in [0.4, 0.5) is 10.1 Å². The van der Waals surface area contributed by atoms with Crippen molar-refractivity contribution in [1.29, 1.82) is 0 Å². The number of likely N-dealkylation sites (N-methyl/N-ethyl adjacent to an activating group) is 1. The predicted molar refractivity (Wildman–Crippen MR) is 90.5 cm³/mol. The topological polar surface area (TPSA) is 53.4 Å². The van der Waals surface area contributed by atoms with Crippen LogP contribution in [0.15, 0.2) is 30.7 Å². The van der Waals surface area contributed by atoms with E-state index in [4.69, 9.17) is 0 Å². The van der Waals surface area contributed by atoms with Crippen molar-refractivity contribution in [2.24, 2.45) is 7.05 Å². The molecule has 0 spiro atoms. The lowest BCUT2D eigenvalue weighted by Crippen LogP contribution is -2.44. The number of aryl methyl sites for hydroxylation is 1. The number of anilines is 1. The number of nitrogens with zero attached hydrogens (tertiary/aromatic N) is 4. The zero-order valence-electron chi connectivity index (χ0n) is 14.0. The van der Waals surface area contributed by atoms with Gasteiger partial charge in [-0.2, -0.15) is 0 Å². The first kappa shape index (κ1) is 16.4. The molecule has 0 saturated carbocycles. The highest BCUT2D eigenvalue weighted by Gasteiger charge is 2.18. The summed E-state index contributed by atoms with van der Waals surface area (Å²) in [7, 11) is 3.92. The maximum Gasteiger partial charge on any atom is 0.251 e. The highest BCUT2D eigenvalue weighted by Crippen LogP contribution is 2.22. The van der Waals surface area contributed by atoms with Gasteiger partial charge in [-0.1, -0.05) is 0 Å². The van der Waals surface area contributed by atoms with Crippen LogP contribution in [0, 0.1) is 5.82 Å². The minimum atomic E-state index is -0.354. The Balaban J connectivity index is 1.65. The molecule has 2 heterocycles. The molecule has 1 aliphatic heterocycles. The molecule has 128 valence electrons. The maximum atomic E-state index is 14.4. The number of benzene rings is 1. The van der Waals surface area contributed by atoms with Crippen LogP contribution in [0.25, 0.3) is 0 Å². The number of hydrogen-bond acceptors (Lipinski definition) is 4. The van der Waals surface area contributed by atoms with Crippen LogP contribution >= 0.6 is 0 Å². The first-order valence-electron chi connectivity index (χ1n) is 8.01. The van der Waals surface area contributed by atoms with Gasteiger partial charge in [0.15, 0.2) is 0 Å². The Labute approximate surface area is 140 Å². The van der Waals surface area contributed by atoms with Crippen LogP contribution in [-0.4, -0.2) is 53.6 Å². The van der Waals surface area contributed by atoms with Gasteiger partial charge < -0.3 is 19.7 Å². The molecule has 0 atom stereocenters. The third-order valence-electron chi connectivity index (χ3n) is 4.40. The van der Waals surface area contributed by atoms with Crippen LogP contribution in [0.2, 0.25) is 0 Å². The molecule has 1 aromatic carbocycles. The van der Waals surface area contributed by atoms with Crippen molar-refractivity contribution in [2.45, 2.75) is 6.54 Å². The van der Waals surface area contributed by atoms with E-state index in [1.54, 1.807) is 24.7 Å². The molecule has 0 bridgehead atoms. The Kier molecular flexibility index (Phi) is 4.80. The lowest BCUT2D eigenvalue weighted by molar-refractivity contribution is 0.0949. The summed E-state index contributed by atoms with van der Waals surface area (Å²) in [5.41, 5.74) is 1.77. The van der Waals surface area contributed by atoms with Gasteiger partial charge in [-0.05, 0) is 25.2 Å². The van der Waals surface area contributed by atoms with E-state index in [0.29, 0.717) is 17.8 Å². The third kappa shape index (κ3) is 3.56. The minimum absolute atomic E-state index is 0.292. The number of carbonyl (C=O) groups excluding carboxylic acids is 1. The van der Waals surface area contributed by atoms with Gasteiger partial charge in [0.05, 0.1) is 24.3 Å². The summed E-state index contributed by atoms with van der Waals surface area (Å²) in [6, 6.07) is 4.68. The Morgan fingerprint density at radius 1 is 1.25 bits per heavy atom. The highest BCUT2D eigenvalue weighted by atomic mass is 19.1. The summed E-state index contributed by atoms with van der Waals surface area (Å²) in [6.45, 7) is 3.76. The standard InChI is InChI=1S/C17H22FN5O/c1-21-5-7-23(8-6-21)16-4-3-13(9-15(16)18)17(24)20-11-14-10-19-12-22(14)2/h3-4,9-10,12H,5-8,11H2,1-2H3,(H,20,24). The summed E-state index contributed by atoms with van der Waals surface area (Å²) >= 11 is 0. The number of hydrogen-bond donors (Lipinski definition) is 1. The predicted octanol–water partition coefficient (Wildman–Crippen LogP) is 1.24. The molecule has 3 rings (SSSR count). The SMILES string of the molecule is CN1CCN(c2ccc(C(=O)NCc3cncn3C)cc2F)CC1. The number of rotatable bonds is 4. The maximum absolute atomic E-state index is 14.4. The van der Waals surface area contributed by atoms with Crippen LogP contribution in [-0.2, 0) is 13.6 Å². The molecule has 1 aromatic heterocycles. The Bertz CT molecular complexity index is 722. The average Bonchev–Trinajstić information content (AvgIpc) is 2.98. The number of imidazole rings is 1. The van der Waals surface area contributed by atoms with E-state index >= 15 is 0 Å². The zero-order chi connectivity index (χ0) is 17.1. The van der Waals surface area contributed by atoms with Gasteiger partial charge >= 0.3 is 0 Å². The molecule has 1 fully saturated rings. The van der Waals surface area contributed by atoms with Crippen LogP contribution in [0.5, 0.6) is 0 Å². The Morgan fingerprint density at radius 3 is 2.62 bits per heavy atom. The number of nitrogens with one attached hydrogen (secondary N) is 1. The first-order valence-corrected chi connectivity index (χ1v) is 8.01. The van der Waals surface area contributed by atoms with E-state index in [9.17, 15) is 9.18 Å². The fourth-order valence-corrected chi connectivity index (χ4v) is 2.78. The average molecular weight is 331 g/mol. The summed E-state index contributed by atoms with van der Waals surface area (Å²) in [4.78, 5) is 20.4. The quantitative estimate of drug-likeness (QED) is 0.916. The Hall–Kier alpha value is -2.41. The van der Waals surface area contributed by atoms with Gasteiger partial charge in [0, 0.05) is 45.0 Å². The molecule has 1 amide bonds. The number of halogens is 1. The van der Waals surface area contributed by atoms with Crippen molar-refractivity contribution in [1.82, 2.24) is 19.8 Å². The summed E-state index contributed by atoms with van der Waals surface area (Å²) in [5, 5.41) is 2.79. The van der Waals surface area contributed by atoms with Crippen molar-refractivity contribution in [3.05, 3.63) is 47.8 Å². The van der Waals surface area contributed by atoms with Gasteiger partial charge in [0.1, 0.15) is 5.82 Å². The van der Waals surface area contributed by atoms with Crippen LogP contribution < -0.4 is 10.2 Å². The molecule has 6 nitrogen and oxygen atoms in total. The van der Waals surface area contributed by atoms with Crippen molar-refractivity contribution >= 4 is 11.6 Å². The Morgan fingerprint density at radius 2 is 2.00 bits per heavy atom. The van der Waals surface area contributed by atoms with Gasteiger partial charge in [-0.25, -0.2) is 9.37 Å². The summed E-state index contributed by atoms with van der Waals surface area (Å²) < 4.78 is 16.3. The van der Waals surface area contributed by atoms with Gasteiger partial charge in [-0.15, -0.1) is 0 Å². The van der Waals surface area contributed by atoms with Crippen molar-refractivity contribution < 1.29 is 9.18 Å². The zero-order valence-corrected chi connectivity index (χ0v) is 14.0. The van der Waals surface area contributed by atoms with Crippen LogP contribution in [0.1, 0.15) is 16.1 Å². The lowest BCUT2D eigenvalue weighted by atomic mass is 10.1. The highest BCUT2D eigenvalue weighted by molar-refractivity contribution is 5.94. The summed E-state index contributed by atoms with van der Waals surface area (Å²) in [5.74, 6) is -0.646. The monoisotopic (exact) mass is 331 g/mol. The van der Waals surface area contributed by atoms with E-state index in [1.165, 1.54) is 6.07 Å².